The molecule has 0 saturated carbocycles. The lowest BCUT2D eigenvalue weighted by atomic mass is 9.87. The quantitative estimate of drug-likeness (QED) is 0.151. The Hall–Kier alpha value is -3.20. The summed E-state index contributed by atoms with van der Waals surface area (Å²) in [7, 11) is 2.13. The molecule has 0 amide bonds. The molecule has 0 aliphatic rings. The second-order valence-electron chi connectivity index (χ2n) is 10.7. The molecule has 0 N–H and O–H groups in total. The van der Waals surface area contributed by atoms with E-state index in [1.165, 1.54) is 49.4 Å². The summed E-state index contributed by atoms with van der Waals surface area (Å²) in [6.07, 6.45) is 3.18. The molecule has 0 unspecified atom stereocenters. The van der Waals surface area contributed by atoms with Gasteiger partial charge in [0.1, 0.15) is 12.9 Å². The molecule has 32 heavy (non-hydrogen) atoms. The van der Waals surface area contributed by atoms with Crippen LogP contribution >= 0.6 is 0 Å². The van der Waals surface area contributed by atoms with Crippen molar-refractivity contribution in [1.29, 1.82) is 0 Å². The van der Waals surface area contributed by atoms with Crippen LogP contribution in [0.5, 0.6) is 0 Å². The molecular weight excluding hydrogens is 395 g/mol. The predicted octanol–water partition coefficient (Wildman–Crippen LogP) is 7.16. The van der Waals surface area contributed by atoms with Gasteiger partial charge in [0.05, 0.1) is 27.3 Å². The Morgan fingerprint density at radius 1 is 0.906 bits per heavy atom. The zero-order valence-electron chi connectivity index (χ0n) is 19.6. The van der Waals surface area contributed by atoms with E-state index in [0.29, 0.717) is 0 Å². The van der Waals surface area contributed by atoms with E-state index in [2.05, 4.69) is 81.1 Å². The summed E-state index contributed by atoms with van der Waals surface area (Å²) in [4.78, 5) is 0. The fraction of sp³-hybridized carbons (Fsp3) is 0.276. The van der Waals surface area contributed by atoms with Crippen LogP contribution in [-0.4, -0.2) is 4.40 Å². The Bertz CT molecular complexity index is 1710. The van der Waals surface area contributed by atoms with Crippen molar-refractivity contribution < 1.29 is 8.96 Å². The van der Waals surface area contributed by atoms with Crippen LogP contribution in [0.2, 0.25) is 0 Å². The monoisotopic (exact) mass is 423 g/mol. The van der Waals surface area contributed by atoms with E-state index in [4.69, 9.17) is 0 Å². The molecule has 0 radical (unpaired) electrons. The van der Waals surface area contributed by atoms with Crippen molar-refractivity contribution in [2.45, 2.75) is 41.0 Å². The SMILES string of the molecule is Cc1cc2c3cc(F)ccc3n3c4cc(CC(C)(C)C)cc5cc[n+](C)c(c(c1C)c23)c54. The van der Waals surface area contributed by atoms with Gasteiger partial charge < -0.3 is 4.40 Å². The van der Waals surface area contributed by atoms with Crippen molar-refractivity contribution in [3.63, 3.8) is 0 Å². The maximum absolute atomic E-state index is 14.4. The van der Waals surface area contributed by atoms with E-state index < -0.39 is 0 Å². The number of rotatable bonds is 1. The Balaban J connectivity index is 1.99. The van der Waals surface area contributed by atoms with Gasteiger partial charge in [0, 0.05) is 16.8 Å². The molecule has 0 saturated heterocycles. The van der Waals surface area contributed by atoms with Crippen LogP contribution < -0.4 is 4.57 Å². The first-order valence-corrected chi connectivity index (χ1v) is 11.3. The van der Waals surface area contributed by atoms with Gasteiger partial charge in [0.2, 0.25) is 5.52 Å². The lowest BCUT2D eigenvalue weighted by Gasteiger charge is -2.20. The summed E-state index contributed by atoms with van der Waals surface area (Å²) in [6, 6.07) is 14.4. The van der Waals surface area contributed by atoms with E-state index in [1.54, 1.807) is 12.1 Å². The smallest absolute Gasteiger partial charge is 0.224 e. The Labute approximate surface area is 187 Å². The molecule has 3 aromatic carbocycles. The molecule has 6 aromatic rings. The van der Waals surface area contributed by atoms with E-state index in [1.807, 2.05) is 6.07 Å². The van der Waals surface area contributed by atoms with Gasteiger partial charge in [-0.15, -0.1) is 0 Å². The maximum Gasteiger partial charge on any atom is 0.224 e. The van der Waals surface area contributed by atoms with Gasteiger partial charge in [0.25, 0.3) is 0 Å². The van der Waals surface area contributed by atoms with Crippen LogP contribution in [0.1, 0.15) is 37.5 Å². The fourth-order valence-corrected chi connectivity index (χ4v) is 5.65. The highest BCUT2D eigenvalue weighted by molar-refractivity contribution is 6.26. The number of pyridine rings is 2. The number of nitrogens with zero attached hydrogens (tertiary/aromatic N) is 2. The first-order valence-electron chi connectivity index (χ1n) is 11.3. The second-order valence-corrected chi connectivity index (χ2v) is 10.7. The summed E-state index contributed by atoms with van der Waals surface area (Å²) >= 11 is 0. The van der Waals surface area contributed by atoms with Gasteiger partial charge in [-0.2, -0.15) is 0 Å². The van der Waals surface area contributed by atoms with E-state index >= 15 is 0 Å². The number of aromatic nitrogens is 2. The number of halogens is 1. The fourth-order valence-electron chi connectivity index (χ4n) is 5.65. The highest BCUT2D eigenvalue weighted by Gasteiger charge is 2.25. The third-order valence-corrected chi connectivity index (χ3v) is 7.02. The molecule has 160 valence electrons. The molecule has 0 fully saturated rings. The zero-order valence-corrected chi connectivity index (χ0v) is 19.6. The predicted molar refractivity (Wildman–Crippen MR) is 132 cm³/mol. The molecule has 2 nitrogen and oxygen atoms in total. The van der Waals surface area contributed by atoms with E-state index in [9.17, 15) is 4.39 Å². The Morgan fingerprint density at radius 3 is 2.44 bits per heavy atom. The van der Waals surface area contributed by atoms with Crippen molar-refractivity contribution in [3.8, 4) is 0 Å². The number of aryl methyl sites for hydroxylation is 3. The molecule has 0 aliphatic heterocycles. The number of fused-ring (bicyclic) bond motifs is 5. The van der Waals surface area contributed by atoms with Crippen LogP contribution in [0, 0.1) is 25.1 Å². The van der Waals surface area contributed by atoms with Crippen LogP contribution in [0.15, 0.2) is 48.7 Å². The summed E-state index contributed by atoms with van der Waals surface area (Å²) in [5.74, 6) is -0.190. The third-order valence-electron chi connectivity index (χ3n) is 7.02. The van der Waals surface area contributed by atoms with Gasteiger partial charge in [-0.3, -0.25) is 0 Å². The van der Waals surface area contributed by atoms with Crippen LogP contribution in [0.3, 0.4) is 0 Å². The van der Waals surface area contributed by atoms with Gasteiger partial charge in [-0.05, 0) is 78.1 Å². The minimum absolute atomic E-state index is 0.190. The Morgan fingerprint density at radius 2 is 1.69 bits per heavy atom. The van der Waals surface area contributed by atoms with Crippen LogP contribution in [0.25, 0.3) is 49.0 Å². The number of benzene rings is 3. The summed E-state index contributed by atoms with van der Waals surface area (Å²) in [6.45, 7) is 11.2. The van der Waals surface area contributed by atoms with Crippen LogP contribution in [-0.2, 0) is 13.5 Å². The molecule has 3 aromatic heterocycles. The van der Waals surface area contributed by atoms with Crippen LogP contribution in [0.4, 0.5) is 4.39 Å². The molecule has 0 aliphatic carbocycles. The highest BCUT2D eigenvalue weighted by atomic mass is 19.1. The molecule has 6 rings (SSSR count). The largest absolute Gasteiger partial charge is 0.307 e. The van der Waals surface area contributed by atoms with Gasteiger partial charge >= 0.3 is 0 Å². The highest BCUT2D eigenvalue weighted by Crippen LogP contribution is 2.42. The standard InChI is InChI=1S/C29H28FN2/c1-16-11-22-21-14-20(30)7-8-23(21)32-24-13-18(15-29(3,4)5)12-19-9-10-31(6)28(26(19)24)25(17(16)2)27(22)32/h7-14H,15H2,1-6H3/q+1. The Kier molecular flexibility index (Phi) is 3.77. The van der Waals surface area contributed by atoms with Crippen molar-refractivity contribution >= 4 is 49.0 Å². The second kappa shape index (κ2) is 6.19. The number of hydrogen-bond acceptors (Lipinski definition) is 0. The third kappa shape index (κ3) is 2.54. The van der Waals surface area contributed by atoms with Crippen molar-refractivity contribution in [2.75, 3.05) is 0 Å². The van der Waals surface area contributed by atoms with Gasteiger partial charge in [-0.1, -0.05) is 26.8 Å². The van der Waals surface area contributed by atoms with Crippen molar-refractivity contribution in [2.24, 2.45) is 12.5 Å². The minimum atomic E-state index is -0.190. The lowest BCUT2D eigenvalue weighted by Crippen LogP contribution is -2.29. The average Bonchev–Trinajstić information content (AvgIpc) is 3.02. The first kappa shape index (κ1) is 19.5. The average molecular weight is 424 g/mol. The summed E-state index contributed by atoms with van der Waals surface area (Å²) in [5, 5.41) is 5.91. The van der Waals surface area contributed by atoms with E-state index in [-0.39, 0.29) is 11.2 Å². The summed E-state index contributed by atoms with van der Waals surface area (Å²) < 4.78 is 19.0. The minimum Gasteiger partial charge on any atom is -0.307 e. The summed E-state index contributed by atoms with van der Waals surface area (Å²) in [5.41, 5.74) is 8.77. The van der Waals surface area contributed by atoms with Crippen molar-refractivity contribution in [3.05, 3.63) is 71.2 Å². The molecule has 0 atom stereocenters. The first-order chi connectivity index (χ1) is 15.1. The van der Waals surface area contributed by atoms with Crippen molar-refractivity contribution in [1.82, 2.24) is 4.40 Å². The zero-order chi connectivity index (χ0) is 22.5. The van der Waals surface area contributed by atoms with Gasteiger partial charge in [-0.25, -0.2) is 8.96 Å². The van der Waals surface area contributed by atoms with E-state index in [0.717, 1.165) is 22.7 Å². The normalized spacial score (nSPS) is 13.0. The molecule has 3 heterocycles. The maximum atomic E-state index is 14.4. The lowest BCUT2D eigenvalue weighted by molar-refractivity contribution is -0.643. The molecular formula is C29H28FN2+. The number of hydrogen-bond donors (Lipinski definition) is 0. The molecule has 0 bridgehead atoms. The molecule has 0 spiro atoms. The topological polar surface area (TPSA) is 8.29 Å². The molecule has 3 heteroatoms. The van der Waals surface area contributed by atoms with Gasteiger partial charge in [0.15, 0.2) is 6.20 Å².